The second kappa shape index (κ2) is 6.94. The zero-order valence-electron chi connectivity index (χ0n) is 12.2. The van der Waals surface area contributed by atoms with Crippen molar-refractivity contribution in [3.05, 3.63) is 24.3 Å². The molecule has 0 amide bonds. The van der Waals surface area contributed by atoms with E-state index in [2.05, 4.69) is 20.9 Å². The standard InChI is InChI=1S/C15H21N3O2S/c1-3-9-18-10-7-13(8-11-18)17-14-5-4-6-15(12-14)21(19,20)16-2/h1,4-6,12-13,16-17H,7-11H2,2H3. The summed E-state index contributed by atoms with van der Waals surface area (Å²) in [7, 11) is -1.98. The smallest absolute Gasteiger partial charge is 0.240 e. The number of anilines is 1. The maximum absolute atomic E-state index is 11.8. The normalized spacial score (nSPS) is 17.3. The Labute approximate surface area is 126 Å². The topological polar surface area (TPSA) is 61.4 Å². The largest absolute Gasteiger partial charge is 0.382 e. The van der Waals surface area contributed by atoms with Crippen molar-refractivity contribution < 1.29 is 8.42 Å². The lowest BCUT2D eigenvalue weighted by molar-refractivity contribution is 0.243. The SMILES string of the molecule is C#CCN1CCC(Nc2cccc(S(=O)(=O)NC)c2)CC1. The molecule has 2 N–H and O–H groups in total. The van der Waals surface area contributed by atoms with Crippen molar-refractivity contribution in [3.8, 4) is 12.3 Å². The van der Waals surface area contributed by atoms with Crippen LogP contribution in [0, 0.1) is 12.3 Å². The van der Waals surface area contributed by atoms with Gasteiger partial charge in [-0.15, -0.1) is 6.42 Å². The van der Waals surface area contributed by atoms with Crippen LogP contribution in [0.2, 0.25) is 0 Å². The highest BCUT2D eigenvalue weighted by Crippen LogP contribution is 2.19. The average molecular weight is 307 g/mol. The van der Waals surface area contributed by atoms with E-state index in [-0.39, 0.29) is 4.90 Å². The highest BCUT2D eigenvalue weighted by Gasteiger charge is 2.19. The molecule has 1 aromatic rings. The molecule has 1 fully saturated rings. The summed E-state index contributed by atoms with van der Waals surface area (Å²) in [6.07, 6.45) is 7.33. The van der Waals surface area contributed by atoms with E-state index in [0.717, 1.165) is 31.6 Å². The zero-order valence-corrected chi connectivity index (χ0v) is 13.0. The molecule has 0 spiro atoms. The van der Waals surface area contributed by atoms with Gasteiger partial charge in [-0.2, -0.15) is 0 Å². The molecule has 1 aliphatic heterocycles. The fraction of sp³-hybridized carbons (Fsp3) is 0.467. The molecule has 6 heteroatoms. The number of sulfonamides is 1. The number of terminal acetylenes is 1. The van der Waals surface area contributed by atoms with Crippen LogP contribution in [-0.2, 0) is 10.0 Å². The third kappa shape index (κ3) is 4.21. The Morgan fingerprint density at radius 1 is 1.38 bits per heavy atom. The van der Waals surface area contributed by atoms with E-state index in [0.29, 0.717) is 12.6 Å². The molecule has 1 heterocycles. The molecule has 0 atom stereocenters. The van der Waals surface area contributed by atoms with Crippen molar-refractivity contribution in [3.63, 3.8) is 0 Å². The number of likely N-dealkylation sites (tertiary alicyclic amines) is 1. The minimum Gasteiger partial charge on any atom is -0.382 e. The minimum atomic E-state index is -3.40. The molecule has 1 aromatic carbocycles. The molecule has 21 heavy (non-hydrogen) atoms. The van der Waals surface area contributed by atoms with E-state index < -0.39 is 10.0 Å². The molecule has 0 saturated carbocycles. The second-order valence-corrected chi connectivity index (χ2v) is 7.02. The molecule has 0 aliphatic carbocycles. The van der Waals surface area contributed by atoms with Gasteiger partial charge in [-0.3, -0.25) is 4.90 Å². The van der Waals surface area contributed by atoms with Crippen molar-refractivity contribution >= 4 is 15.7 Å². The van der Waals surface area contributed by atoms with Gasteiger partial charge in [0.2, 0.25) is 10.0 Å². The molecule has 5 nitrogen and oxygen atoms in total. The van der Waals surface area contributed by atoms with Gasteiger partial charge >= 0.3 is 0 Å². The monoisotopic (exact) mass is 307 g/mol. The van der Waals surface area contributed by atoms with E-state index in [9.17, 15) is 8.42 Å². The first kappa shape index (κ1) is 15.8. The quantitative estimate of drug-likeness (QED) is 0.800. The minimum absolute atomic E-state index is 0.278. The molecule has 114 valence electrons. The molecular weight excluding hydrogens is 286 g/mol. The number of nitrogens with zero attached hydrogens (tertiary/aromatic N) is 1. The number of hydrogen-bond acceptors (Lipinski definition) is 4. The number of piperidine rings is 1. The maximum atomic E-state index is 11.8. The van der Waals surface area contributed by atoms with Crippen molar-refractivity contribution in [1.82, 2.24) is 9.62 Å². The van der Waals surface area contributed by atoms with E-state index in [4.69, 9.17) is 6.42 Å². The van der Waals surface area contributed by atoms with Crippen LogP contribution in [-0.4, -0.2) is 46.0 Å². The van der Waals surface area contributed by atoms with E-state index >= 15 is 0 Å². The van der Waals surface area contributed by atoms with Gasteiger partial charge in [0, 0.05) is 24.8 Å². The van der Waals surface area contributed by atoms with Crippen LogP contribution in [0.3, 0.4) is 0 Å². The zero-order chi connectivity index (χ0) is 15.3. The third-order valence-electron chi connectivity index (χ3n) is 3.69. The molecule has 0 bridgehead atoms. The number of nitrogens with one attached hydrogen (secondary N) is 2. The van der Waals surface area contributed by atoms with Crippen LogP contribution in [0.5, 0.6) is 0 Å². The number of hydrogen-bond donors (Lipinski definition) is 2. The van der Waals surface area contributed by atoms with Crippen LogP contribution < -0.4 is 10.0 Å². The van der Waals surface area contributed by atoms with E-state index in [1.807, 2.05) is 6.07 Å². The summed E-state index contributed by atoms with van der Waals surface area (Å²) in [5.74, 6) is 2.66. The fourth-order valence-corrected chi connectivity index (χ4v) is 3.25. The highest BCUT2D eigenvalue weighted by atomic mass is 32.2. The summed E-state index contributed by atoms with van der Waals surface area (Å²) in [6, 6.07) is 7.25. The van der Waals surface area contributed by atoms with Crippen molar-refractivity contribution in [2.45, 2.75) is 23.8 Å². The highest BCUT2D eigenvalue weighted by molar-refractivity contribution is 7.89. The Kier molecular flexibility index (Phi) is 5.23. The third-order valence-corrected chi connectivity index (χ3v) is 5.10. The second-order valence-electron chi connectivity index (χ2n) is 5.13. The molecule has 0 radical (unpaired) electrons. The van der Waals surface area contributed by atoms with Crippen LogP contribution in [0.25, 0.3) is 0 Å². The van der Waals surface area contributed by atoms with Gasteiger partial charge in [0.1, 0.15) is 0 Å². The molecular formula is C15H21N3O2S. The van der Waals surface area contributed by atoms with Crippen molar-refractivity contribution in [1.29, 1.82) is 0 Å². The Morgan fingerprint density at radius 2 is 2.10 bits per heavy atom. The Bertz CT molecular complexity index is 614. The van der Waals surface area contributed by atoms with Crippen LogP contribution in [0.4, 0.5) is 5.69 Å². The summed E-state index contributed by atoms with van der Waals surface area (Å²) in [5.41, 5.74) is 0.835. The summed E-state index contributed by atoms with van der Waals surface area (Å²) in [6.45, 7) is 2.63. The maximum Gasteiger partial charge on any atom is 0.240 e. The summed E-state index contributed by atoms with van der Waals surface area (Å²) >= 11 is 0. The number of benzene rings is 1. The predicted molar refractivity (Wildman–Crippen MR) is 84.6 cm³/mol. The van der Waals surface area contributed by atoms with E-state index in [1.54, 1.807) is 18.2 Å². The van der Waals surface area contributed by atoms with Crippen LogP contribution in [0.15, 0.2) is 29.2 Å². The Morgan fingerprint density at radius 3 is 2.71 bits per heavy atom. The van der Waals surface area contributed by atoms with Gasteiger partial charge in [0.05, 0.1) is 11.4 Å². The Hall–Kier alpha value is -1.55. The van der Waals surface area contributed by atoms with Gasteiger partial charge in [0.25, 0.3) is 0 Å². The van der Waals surface area contributed by atoms with Gasteiger partial charge in [-0.25, -0.2) is 13.1 Å². The summed E-state index contributed by atoms with van der Waals surface area (Å²) in [5, 5.41) is 3.41. The molecule has 0 unspecified atom stereocenters. The molecule has 1 aliphatic rings. The first-order chi connectivity index (χ1) is 10.0. The lowest BCUT2D eigenvalue weighted by Gasteiger charge is -2.31. The summed E-state index contributed by atoms with van der Waals surface area (Å²) in [4.78, 5) is 2.53. The van der Waals surface area contributed by atoms with Crippen LogP contribution >= 0.6 is 0 Å². The van der Waals surface area contributed by atoms with E-state index in [1.165, 1.54) is 7.05 Å². The lowest BCUT2D eigenvalue weighted by atomic mass is 10.0. The predicted octanol–water partition coefficient (Wildman–Crippen LogP) is 1.10. The number of rotatable bonds is 5. The van der Waals surface area contributed by atoms with Crippen molar-refractivity contribution in [2.24, 2.45) is 0 Å². The fourth-order valence-electron chi connectivity index (χ4n) is 2.47. The van der Waals surface area contributed by atoms with Gasteiger partial charge in [0.15, 0.2) is 0 Å². The van der Waals surface area contributed by atoms with Gasteiger partial charge in [-0.05, 0) is 38.1 Å². The van der Waals surface area contributed by atoms with Crippen molar-refractivity contribution in [2.75, 3.05) is 32.0 Å². The summed E-state index contributed by atoms with van der Waals surface area (Å²) < 4.78 is 25.9. The molecule has 0 aromatic heterocycles. The first-order valence-electron chi connectivity index (χ1n) is 7.01. The Balaban J connectivity index is 1.99. The molecule has 1 saturated heterocycles. The average Bonchev–Trinajstić information content (AvgIpc) is 2.50. The lowest BCUT2D eigenvalue weighted by Crippen LogP contribution is -2.39. The first-order valence-corrected chi connectivity index (χ1v) is 8.49. The molecule has 2 rings (SSSR count). The van der Waals surface area contributed by atoms with Gasteiger partial charge in [-0.1, -0.05) is 12.0 Å². The van der Waals surface area contributed by atoms with Gasteiger partial charge < -0.3 is 5.32 Å². The van der Waals surface area contributed by atoms with Crippen LogP contribution in [0.1, 0.15) is 12.8 Å².